The number of nitrogens with one attached hydrogen (secondary N) is 2. The number of hydrogen-bond acceptors (Lipinski definition) is 4. The molecule has 1 aromatic heterocycles. The molecule has 1 atom stereocenters. The highest BCUT2D eigenvalue weighted by Crippen LogP contribution is 2.07. The highest BCUT2D eigenvalue weighted by atomic mass is 32.1. The Morgan fingerprint density at radius 1 is 1.61 bits per heavy atom. The quantitative estimate of drug-likeness (QED) is 0.602. The number of rotatable bonds is 6. The molecule has 102 valence electrons. The third kappa shape index (κ3) is 5.46. The number of hydrogen-bond donors (Lipinski definition) is 2. The zero-order chi connectivity index (χ0) is 13.4. The fourth-order valence-electron chi connectivity index (χ4n) is 1.55. The third-order valence-corrected chi connectivity index (χ3v) is 3.19. The normalized spacial score (nSPS) is 13.4. The van der Waals surface area contributed by atoms with Crippen molar-refractivity contribution in [3.8, 4) is 0 Å². The van der Waals surface area contributed by atoms with E-state index in [1.807, 2.05) is 6.92 Å². The third-order valence-electron chi connectivity index (χ3n) is 2.36. The van der Waals surface area contributed by atoms with Crippen molar-refractivity contribution in [1.82, 2.24) is 15.6 Å². The van der Waals surface area contributed by atoms with Gasteiger partial charge in [-0.25, -0.2) is 4.98 Å². The number of nitrogens with zero attached hydrogens (tertiary/aromatic N) is 2. The van der Waals surface area contributed by atoms with Crippen LogP contribution in [-0.2, 0) is 11.2 Å². The second-order valence-electron chi connectivity index (χ2n) is 4.11. The Morgan fingerprint density at radius 2 is 2.39 bits per heavy atom. The highest BCUT2D eigenvalue weighted by molar-refractivity contribution is 7.09. The Balaban J connectivity index is 2.27. The number of aryl methyl sites for hydroxylation is 1. The molecule has 0 aliphatic carbocycles. The second-order valence-corrected chi connectivity index (χ2v) is 5.17. The first-order valence-corrected chi connectivity index (χ1v) is 6.90. The molecule has 0 saturated heterocycles. The highest BCUT2D eigenvalue weighted by Gasteiger charge is 2.04. The maximum absolute atomic E-state index is 5.07. The molecule has 0 aliphatic rings. The van der Waals surface area contributed by atoms with Crippen molar-refractivity contribution in [1.29, 1.82) is 0 Å². The molecule has 2 N–H and O–H groups in total. The van der Waals surface area contributed by atoms with Gasteiger partial charge in [0.1, 0.15) is 0 Å². The van der Waals surface area contributed by atoms with E-state index < -0.39 is 0 Å². The van der Waals surface area contributed by atoms with Crippen LogP contribution >= 0.6 is 11.3 Å². The summed E-state index contributed by atoms with van der Waals surface area (Å²) in [7, 11) is 3.46. The van der Waals surface area contributed by atoms with E-state index in [4.69, 9.17) is 4.74 Å². The van der Waals surface area contributed by atoms with Crippen molar-refractivity contribution in [3.63, 3.8) is 0 Å². The zero-order valence-corrected chi connectivity index (χ0v) is 12.3. The molecule has 0 saturated carbocycles. The van der Waals surface area contributed by atoms with E-state index in [1.54, 1.807) is 25.5 Å². The minimum atomic E-state index is 0.239. The fraction of sp³-hybridized carbons (Fsp3) is 0.667. The van der Waals surface area contributed by atoms with Crippen LogP contribution in [0.25, 0.3) is 0 Å². The first-order chi connectivity index (χ1) is 8.65. The fourth-order valence-corrected chi connectivity index (χ4v) is 2.20. The smallest absolute Gasteiger partial charge is 0.191 e. The molecule has 0 fully saturated rings. The molecule has 6 heteroatoms. The number of ether oxygens (including phenoxy) is 1. The molecule has 0 bridgehead atoms. The largest absolute Gasteiger partial charge is 0.383 e. The van der Waals surface area contributed by atoms with Crippen molar-refractivity contribution in [3.05, 3.63) is 16.1 Å². The van der Waals surface area contributed by atoms with Gasteiger partial charge in [-0.1, -0.05) is 0 Å². The van der Waals surface area contributed by atoms with Crippen molar-refractivity contribution in [2.45, 2.75) is 26.3 Å². The lowest BCUT2D eigenvalue weighted by Gasteiger charge is -2.16. The van der Waals surface area contributed by atoms with Crippen LogP contribution in [0.5, 0.6) is 0 Å². The standard InChI is InChI=1S/C12H22N4OS/c1-9(7-17-4)15-12(13-3)14-6-5-11-8-18-10(2)16-11/h8-9H,5-7H2,1-4H3,(H2,13,14,15). The van der Waals surface area contributed by atoms with Gasteiger partial charge in [0, 0.05) is 38.5 Å². The predicted octanol–water partition coefficient (Wildman–Crippen LogP) is 1.19. The van der Waals surface area contributed by atoms with E-state index in [-0.39, 0.29) is 6.04 Å². The molecule has 0 radical (unpaired) electrons. The van der Waals surface area contributed by atoms with Gasteiger partial charge in [0.2, 0.25) is 0 Å². The molecule has 0 amide bonds. The van der Waals surface area contributed by atoms with E-state index in [9.17, 15) is 0 Å². The van der Waals surface area contributed by atoms with Gasteiger partial charge in [-0.15, -0.1) is 11.3 Å². The van der Waals surface area contributed by atoms with Crippen LogP contribution in [0.1, 0.15) is 17.6 Å². The lowest BCUT2D eigenvalue weighted by atomic mass is 10.3. The first kappa shape index (κ1) is 14.9. The maximum atomic E-state index is 5.07. The number of thiazole rings is 1. The van der Waals surface area contributed by atoms with E-state index in [1.165, 1.54) is 0 Å². The van der Waals surface area contributed by atoms with Crippen LogP contribution in [0, 0.1) is 6.92 Å². The maximum Gasteiger partial charge on any atom is 0.191 e. The Hall–Kier alpha value is -1.14. The van der Waals surface area contributed by atoms with Crippen molar-refractivity contribution >= 4 is 17.3 Å². The Labute approximate surface area is 113 Å². The van der Waals surface area contributed by atoms with Gasteiger partial charge in [-0.05, 0) is 13.8 Å². The molecular weight excluding hydrogens is 248 g/mol. The molecule has 1 unspecified atom stereocenters. The average Bonchev–Trinajstić information content (AvgIpc) is 2.74. The van der Waals surface area contributed by atoms with Gasteiger partial charge < -0.3 is 15.4 Å². The topological polar surface area (TPSA) is 58.5 Å². The number of methoxy groups -OCH3 is 1. The monoisotopic (exact) mass is 270 g/mol. The summed E-state index contributed by atoms with van der Waals surface area (Å²) in [6.07, 6.45) is 0.906. The van der Waals surface area contributed by atoms with Gasteiger partial charge in [-0.2, -0.15) is 0 Å². The summed E-state index contributed by atoms with van der Waals surface area (Å²) in [6.45, 7) is 5.56. The van der Waals surface area contributed by atoms with Crippen molar-refractivity contribution in [2.75, 3.05) is 27.3 Å². The summed E-state index contributed by atoms with van der Waals surface area (Å²) in [5.74, 6) is 0.798. The molecule has 0 aromatic carbocycles. The van der Waals surface area contributed by atoms with E-state index in [0.29, 0.717) is 6.61 Å². The van der Waals surface area contributed by atoms with Crippen LogP contribution in [0.3, 0.4) is 0 Å². The Morgan fingerprint density at radius 3 is 2.94 bits per heavy atom. The van der Waals surface area contributed by atoms with Crippen LogP contribution in [0.15, 0.2) is 10.4 Å². The SMILES string of the molecule is CN=C(NCCc1csc(C)n1)NC(C)COC. The number of guanidine groups is 1. The molecule has 1 aromatic rings. The van der Waals surface area contributed by atoms with Crippen LogP contribution < -0.4 is 10.6 Å². The van der Waals surface area contributed by atoms with Crippen molar-refractivity contribution < 1.29 is 4.74 Å². The lowest BCUT2D eigenvalue weighted by molar-refractivity contribution is 0.179. The van der Waals surface area contributed by atoms with Gasteiger partial charge in [0.15, 0.2) is 5.96 Å². The minimum absolute atomic E-state index is 0.239. The summed E-state index contributed by atoms with van der Waals surface area (Å²) in [4.78, 5) is 8.59. The zero-order valence-electron chi connectivity index (χ0n) is 11.5. The molecule has 0 aliphatic heterocycles. The van der Waals surface area contributed by atoms with E-state index in [2.05, 4.69) is 32.9 Å². The average molecular weight is 270 g/mol. The van der Waals surface area contributed by atoms with Crippen LogP contribution in [0.4, 0.5) is 0 Å². The Bertz CT molecular complexity index is 378. The number of aromatic nitrogens is 1. The van der Waals surface area contributed by atoms with Crippen molar-refractivity contribution in [2.24, 2.45) is 4.99 Å². The van der Waals surface area contributed by atoms with Gasteiger partial charge >= 0.3 is 0 Å². The summed E-state index contributed by atoms with van der Waals surface area (Å²) >= 11 is 1.68. The van der Waals surface area contributed by atoms with E-state index in [0.717, 1.165) is 29.6 Å². The molecule has 1 rings (SSSR count). The van der Waals surface area contributed by atoms with Crippen LogP contribution in [-0.4, -0.2) is 44.3 Å². The Kier molecular flexibility index (Phi) is 6.67. The van der Waals surface area contributed by atoms with Crippen LogP contribution in [0.2, 0.25) is 0 Å². The first-order valence-electron chi connectivity index (χ1n) is 6.02. The van der Waals surface area contributed by atoms with Gasteiger partial charge in [0.05, 0.1) is 17.3 Å². The minimum Gasteiger partial charge on any atom is -0.383 e. The van der Waals surface area contributed by atoms with E-state index >= 15 is 0 Å². The molecule has 0 spiro atoms. The second kappa shape index (κ2) is 8.05. The molecule has 5 nitrogen and oxygen atoms in total. The van der Waals surface area contributed by atoms with Gasteiger partial charge in [0.25, 0.3) is 0 Å². The van der Waals surface area contributed by atoms with Gasteiger partial charge in [-0.3, -0.25) is 4.99 Å². The molecule has 18 heavy (non-hydrogen) atoms. The summed E-state index contributed by atoms with van der Waals surface area (Å²) in [6, 6.07) is 0.239. The summed E-state index contributed by atoms with van der Waals surface area (Å²) < 4.78 is 5.07. The molecular formula is C12H22N4OS. The summed E-state index contributed by atoms with van der Waals surface area (Å²) in [5, 5.41) is 9.73. The summed E-state index contributed by atoms with van der Waals surface area (Å²) in [5.41, 5.74) is 1.13. The predicted molar refractivity (Wildman–Crippen MR) is 76.4 cm³/mol. The number of aliphatic imine (C=N–C) groups is 1. The molecule has 1 heterocycles. The lowest BCUT2D eigenvalue weighted by Crippen LogP contribution is -2.44.